The van der Waals surface area contributed by atoms with Gasteiger partial charge in [0, 0.05) is 18.6 Å². The summed E-state index contributed by atoms with van der Waals surface area (Å²) in [5, 5.41) is 9.33. The summed E-state index contributed by atoms with van der Waals surface area (Å²) in [5.74, 6) is 0. The van der Waals surface area contributed by atoms with Crippen LogP contribution in [0.5, 0.6) is 0 Å². The van der Waals surface area contributed by atoms with Gasteiger partial charge in [-0.05, 0) is 26.4 Å². The van der Waals surface area contributed by atoms with Crippen LogP contribution in [-0.4, -0.2) is 36.8 Å². The molecule has 1 aliphatic heterocycles. The Morgan fingerprint density at radius 2 is 2.25 bits per heavy atom. The molecule has 1 unspecified atom stereocenters. The summed E-state index contributed by atoms with van der Waals surface area (Å²) in [6, 6.07) is 0. The van der Waals surface area contributed by atoms with E-state index in [2.05, 4.69) is 18.9 Å². The summed E-state index contributed by atoms with van der Waals surface area (Å²) in [4.78, 5) is 2.33. The molecule has 1 fully saturated rings. The van der Waals surface area contributed by atoms with Gasteiger partial charge in [0.05, 0.1) is 0 Å². The molecule has 0 bridgehead atoms. The van der Waals surface area contributed by atoms with Crippen molar-refractivity contribution in [2.45, 2.75) is 32.6 Å². The van der Waals surface area contributed by atoms with E-state index in [0.717, 1.165) is 13.1 Å². The van der Waals surface area contributed by atoms with Crippen LogP contribution in [0.15, 0.2) is 0 Å². The van der Waals surface area contributed by atoms with Gasteiger partial charge in [0.25, 0.3) is 0 Å². The summed E-state index contributed by atoms with van der Waals surface area (Å²) in [5.41, 5.74) is 0.241. The van der Waals surface area contributed by atoms with Crippen LogP contribution in [0.1, 0.15) is 32.6 Å². The van der Waals surface area contributed by atoms with Gasteiger partial charge in [-0.3, -0.25) is 0 Å². The molecular weight excluding hydrogens is 150 g/mol. The van der Waals surface area contributed by atoms with Crippen molar-refractivity contribution in [1.29, 1.82) is 0 Å². The summed E-state index contributed by atoms with van der Waals surface area (Å²) in [6.45, 7) is 4.83. The summed E-state index contributed by atoms with van der Waals surface area (Å²) in [7, 11) is 2.14. The van der Waals surface area contributed by atoms with Crippen LogP contribution in [0.25, 0.3) is 0 Å². The molecule has 1 saturated heterocycles. The number of hydrogen-bond donors (Lipinski definition) is 1. The van der Waals surface area contributed by atoms with Crippen molar-refractivity contribution in [2.24, 2.45) is 5.41 Å². The van der Waals surface area contributed by atoms with E-state index < -0.39 is 0 Å². The van der Waals surface area contributed by atoms with Crippen molar-refractivity contribution >= 4 is 0 Å². The van der Waals surface area contributed by atoms with Crippen molar-refractivity contribution in [3.63, 3.8) is 0 Å². The first-order valence-corrected chi connectivity index (χ1v) is 5.02. The second kappa shape index (κ2) is 4.24. The predicted molar refractivity (Wildman–Crippen MR) is 51.2 cm³/mol. The van der Waals surface area contributed by atoms with Crippen LogP contribution < -0.4 is 0 Å². The molecule has 1 aliphatic rings. The molecule has 2 nitrogen and oxygen atoms in total. The largest absolute Gasteiger partial charge is 0.396 e. The molecule has 0 saturated carbocycles. The average Bonchev–Trinajstić information content (AvgIpc) is 2.45. The first kappa shape index (κ1) is 10.0. The maximum absolute atomic E-state index is 9.33. The Bertz CT molecular complexity index is 138. The van der Waals surface area contributed by atoms with Gasteiger partial charge in [-0.1, -0.05) is 19.8 Å². The lowest BCUT2D eigenvalue weighted by Gasteiger charge is -2.26. The Balaban J connectivity index is 2.41. The molecule has 1 heterocycles. The van der Waals surface area contributed by atoms with E-state index in [1.807, 2.05) is 0 Å². The third-order valence-electron chi connectivity index (χ3n) is 3.03. The van der Waals surface area contributed by atoms with E-state index in [0.29, 0.717) is 6.61 Å². The van der Waals surface area contributed by atoms with Crippen LogP contribution >= 0.6 is 0 Å². The third-order valence-corrected chi connectivity index (χ3v) is 3.03. The van der Waals surface area contributed by atoms with Gasteiger partial charge in [-0.15, -0.1) is 0 Å². The zero-order valence-electron chi connectivity index (χ0n) is 8.34. The van der Waals surface area contributed by atoms with E-state index in [1.165, 1.54) is 25.7 Å². The van der Waals surface area contributed by atoms with E-state index in [-0.39, 0.29) is 5.41 Å². The zero-order valence-corrected chi connectivity index (χ0v) is 8.34. The molecule has 0 aromatic rings. The number of aliphatic hydroxyl groups is 1. The number of likely N-dealkylation sites (tertiary alicyclic amines) is 1. The topological polar surface area (TPSA) is 23.5 Å². The minimum absolute atomic E-state index is 0.241. The van der Waals surface area contributed by atoms with Gasteiger partial charge in [0.15, 0.2) is 0 Å². The Morgan fingerprint density at radius 3 is 2.67 bits per heavy atom. The lowest BCUT2D eigenvalue weighted by Crippen LogP contribution is -2.28. The van der Waals surface area contributed by atoms with Gasteiger partial charge < -0.3 is 10.0 Å². The Morgan fingerprint density at radius 1 is 1.50 bits per heavy atom. The quantitative estimate of drug-likeness (QED) is 0.692. The Labute approximate surface area is 75.6 Å². The van der Waals surface area contributed by atoms with Gasteiger partial charge in [0.1, 0.15) is 0 Å². The predicted octanol–water partition coefficient (Wildman–Crippen LogP) is 1.49. The molecule has 0 aromatic heterocycles. The fraction of sp³-hybridized carbons (Fsp3) is 1.00. The van der Waals surface area contributed by atoms with Crippen LogP contribution in [0.3, 0.4) is 0 Å². The number of rotatable bonds is 4. The summed E-state index contributed by atoms with van der Waals surface area (Å²) >= 11 is 0. The number of unbranched alkanes of at least 4 members (excludes halogenated alkanes) is 1. The van der Waals surface area contributed by atoms with Crippen LogP contribution in [0.4, 0.5) is 0 Å². The van der Waals surface area contributed by atoms with Gasteiger partial charge in [0.2, 0.25) is 0 Å². The van der Waals surface area contributed by atoms with Crippen LogP contribution in [0.2, 0.25) is 0 Å². The highest BCUT2D eigenvalue weighted by molar-refractivity contribution is 4.87. The molecule has 1 rings (SSSR count). The van der Waals surface area contributed by atoms with Gasteiger partial charge >= 0.3 is 0 Å². The molecule has 1 atom stereocenters. The Kier molecular flexibility index (Phi) is 3.53. The summed E-state index contributed by atoms with van der Waals surface area (Å²) < 4.78 is 0. The standard InChI is InChI=1S/C10H21NO/c1-3-4-5-10(9-12)6-7-11(2)8-10/h12H,3-9H2,1-2H3. The van der Waals surface area contributed by atoms with Crippen molar-refractivity contribution in [2.75, 3.05) is 26.7 Å². The molecule has 1 N–H and O–H groups in total. The Hall–Kier alpha value is -0.0800. The van der Waals surface area contributed by atoms with E-state index in [4.69, 9.17) is 0 Å². The number of nitrogens with zero attached hydrogens (tertiary/aromatic N) is 1. The third kappa shape index (κ3) is 2.20. The smallest absolute Gasteiger partial charge is 0.0500 e. The van der Waals surface area contributed by atoms with Crippen LogP contribution in [-0.2, 0) is 0 Å². The van der Waals surface area contributed by atoms with Gasteiger partial charge in [-0.2, -0.15) is 0 Å². The highest BCUT2D eigenvalue weighted by Gasteiger charge is 2.35. The fourth-order valence-electron chi connectivity index (χ4n) is 2.12. The van der Waals surface area contributed by atoms with Crippen molar-refractivity contribution in [1.82, 2.24) is 4.90 Å². The molecule has 12 heavy (non-hydrogen) atoms. The molecule has 72 valence electrons. The van der Waals surface area contributed by atoms with Crippen molar-refractivity contribution < 1.29 is 5.11 Å². The van der Waals surface area contributed by atoms with Crippen molar-refractivity contribution in [3.8, 4) is 0 Å². The zero-order chi connectivity index (χ0) is 9.03. The molecule has 2 heteroatoms. The molecule has 0 amide bonds. The number of hydrogen-bond acceptors (Lipinski definition) is 2. The first-order valence-electron chi connectivity index (χ1n) is 5.02. The number of aliphatic hydroxyl groups excluding tert-OH is 1. The maximum atomic E-state index is 9.33. The molecule has 0 aromatic carbocycles. The highest BCUT2D eigenvalue weighted by Crippen LogP contribution is 2.34. The van der Waals surface area contributed by atoms with Crippen LogP contribution in [0, 0.1) is 5.41 Å². The normalized spacial score (nSPS) is 31.2. The minimum atomic E-state index is 0.241. The molecular formula is C10H21NO. The van der Waals surface area contributed by atoms with E-state index in [1.54, 1.807) is 0 Å². The fourth-order valence-corrected chi connectivity index (χ4v) is 2.12. The lowest BCUT2D eigenvalue weighted by atomic mass is 9.83. The monoisotopic (exact) mass is 171 g/mol. The van der Waals surface area contributed by atoms with Gasteiger partial charge in [-0.25, -0.2) is 0 Å². The first-order chi connectivity index (χ1) is 5.72. The molecule has 0 aliphatic carbocycles. The lowest BCUT2D eigenvalue weighted by molar-refractivity contribution is 0.120. The highest BCUT2D eigenvalue weighted by atomic mass is 16.3. The molecule has 0 spiro atoms. The van der Waals surface area contributed by atoms with E-state index in [9.17, 15) is 5.11 Å². The average molecular weight is 171 g/mol. The molecule has 0 radical (unpaired) electrons. The second-order valence-corrected chi connectivity index (χ2v) is 4.25. The maximum Gasteiger partial charge on any atom is 0.0500 e. The van der Waals surface area contributed by atoms with Crippen molar-refractivity contribution in [3.05, 3.63) is 0 Å². The SMILES string of the molecule is CCCCC1(CO)CCN(C)C1. The minimum Gasteiger partial charge on any atom is -0.396 e. The van der Waals surface area contributed by atoms with E-state index >= 15 is 0 Å². The summed E-state index contributed by atoms with van der Waals surface area (Å²) in [6.07, 6.45) is 4.88. The second-order valence-electron chi connectivity index (χ2n) is 4.25.